The van der Waals surface area contributed by atoms with E-state index in [2.05, 4.69) is 4.98 Å². The summed E-state index contributed by atoms with van der Waals surface area (Å²) in [7, 11) is 1.67. The van der Waals surface area contributed by atoms with E-state index in [-0.39, 0.29) is 11.9 Å². The summed E-state index contributed by atoms with van der Waals surface area (Å²) in [6, 6.07) is 3.81. The van der Waals surface area contributed by atoms with E-state index in [4.69, 9.17) is 4.74 Å². The average molecular weight is 220 g/mol. The van der Waals surface area contributed by atoms with Gasteiger partial charge in [-0.2, -0.15) is 0 Å². The van der Waals surface area contributed by atoms with Gasteiger partial charge < -0.3 is 9.64 Å². The summed E-state index contributed by atoms with van der Waals surface area (Å²) in [5.74, 6) is 0.0626. The number of nitrogens with zero attached hydrogens (tertiary/aromatic N) is 2. The van der Waals surface area contributed by atoms with Crippen molar-refractivity contribution in [1.82, 2.24) is 9.88 Å². The fourth-order valence-corrected chi connectivity index (χ4v) is 2.12. The molecule has 0 bridgehead atoms. The second-order valence-electron chi connectivity index (χ2n) is 3.99. The number of methoxy groups -OCH3 is 1. The highest BCUT2D eigenvalue weighted by molar-refractivity contribution is 5.94. The Hall–Kier alpha value is -1.42. The molecule has 1 saturated heterocycles. The van der Waals surface area contributed by atoms with Crippen LogP contribution in [0.3, 0.4) is 0 Å². The lowest BCUT2D eigenvalue weighted by atomic mass is 10.2. The number of aromatic nitrogens is 1. The van der Waals surface area contributed by atoms with E-state index in [9.17, 15) is 4.79 Å². The molecule has 1 aromatic heterocycles. The summed E-state index contributed by atoms with van der Waals surface area (Å²) in [5.41, 5.74) is 0.658. The Labute approximate surface area is 95.2 Å². The van der Waals surface area contributed by atoms with Crippen molar-refractivity contribution in [3.05, 3.63) is 30.1 Å². The van der Waals surface area contributed by atoms with E-state index in [0.717, 1.165) is 19.4 Å². The van der Waals surface area contributed by atoms with Crippen molar-refractivity contribution < 1.29 is 9.53 Å². The molecule has 0 radical (unpaired) electrons. The quantitative estimate of drug-likeness (QED) is 0.771. The molecule has 4 nitrogen and oxygen atoms in total. The van der Waals surface area contributed by atoms with E-state index in [1.807, 2.05) is 4.90 Å². The Morgan fingerprint density at radius 1 is 1.69 bits per heavy atom. The topological polar surface area (TPSA) is 42.4 Å². The van der Waals surface area contributed by atoms with Crippen LogP contribution < -0.4 is 0 Å². The number of likely N-dealkylation sites (tertiary alicyclic amines) is 1. The Kier molecular flexibility index (Phi) is 3.51. The van der Waals surface area contributed by atoms with Crippen LogP contribution in [0.1, 0.15) is 23.2 Å². The predicted octanol–water partition coefficient (Wildman–Crippen LogP) is 1.33. The zero-order valence-corrected chi connectivity index (χ0v) is 9.43. The molecule has 1 unspecified atom stereocenters. The molecule has 0 aliphatic carbocycles. The molecule has 1 aliphatic heterocycles. The number of hydrogen-bond donors (Lipinski definition) is 0. The van der Waals surface area contributed by atoms with Gasteiger partial charge in [0.15, 0.2) is 0 Å². The van der Waals surface area contributed by atoms with Gasteiger partial charge in [0.1, 0.15) is 0 Å². The SMILES string of the molecule is COCC1CCCN1C(=O)c1cccnc1. The van der Waals surface area contributed by atoms with Crippen molar-refractivity contribution in [2.24, 2.45) is 0 Å². The van der Waals surface area contributed by atoms with Crippen LogP contribution in [0.15, 0.2) is 24.5 Å². The van der Waals surface area contributed by atoms with Gasteiger partial charge in [0.05, 0.1) is 18.2 Å². The maximum absolute atomic E-state index is 12.2. The largest absolute Gasteiger partial charge is 0.383 e. The highest BCUT2D eigenvalue weighted by atomic mass is 16.5. The van der Waals surface area contributed by atoms with Gasteiger partial charge in [-0.3, -0.25) is 9.78 Å². The number of carbonyl (C=O) groups is 1. The first-order chi connectivity index (χ1) is 7.83. The summed E-state index contributed by atoms with van der Waals surface area (Å²) >= 11 is 0. The molecule has 1 fully saturated rings. The van der Waals surface area contributed by atoms with Crippen molar-refractivity contribution in [3.8, 4) is 0 Å². The third-order valence-electron chi connectivity index (χ3n) is 2.91. The summed E-state index contributed by atoms with van der Waals surface area (Å²) in [4.78, 5) is 18.0. The molecule has 0 saturated carbocycles. The van der Waals surface area contributed by atoms with Gasteiger partial charge in [0, 0.05) is 26.0 Å². The number of pyridine rings is 1. The maximum Gasteiger partial charge on any atom is 0.255 e. The minimum absolute atomic E-state index is 0.0626. The number of ether oxygens (including phenoxy) is 1. The van der Waals surface area contributed by atoms with Gasteiger partial charge in [-0.05, 0) is 25.0 Å². The minimum Gasteiger partial charge on any atom is -0.383 e. The molecular formula is C12H16N2O2. The average Bonchev–Trinajstić information content (AvgIpc) is 2.78. The fourth-order valence-electron chi connectivity index (χ4n) is 2.12. The summed E-state index contributed by atoms with van der Waals surface area (Å²) in [6.07, 6.45) is 5.37. The Morgan fingerprint density at radius 3 is 3.25 bits per heavy atom. The number of carbonyl (C=O) groups excluding carboxylic acids is 1. The molecule has 1 atom stereocenters. The Morgan fingerprint density at radius 2 is 2.56 bits per heavy atom. The molecule has 0 aromatic carbocycles. The van der Waals surface area contributed by atoms with Gasteiger partial charge >= 0.3 is 0 Å². The van der Waals surface area contributed by atoms with Gasteiger partial charge in [-0.25, -0.2) is 0 Å². The molecule has 2 rings (SSSR count). The molecule has 0 spiro atoms. The highest BCUT2D eigenvalue weighted by Gasteiger charge is 2.29. The van der Waals surface area contributed by atoms with Gasteiger partial charge in [0.2, 0.25) is 0 Å². The van der Waals surface area contributed by atoms with E-state index < -0.39 is 0 Å². The van der Waals surface area contributed by atoms with Crippen LogP contribution in [-0.2, 0) is 4.74 Å². The van der Waals surface area contributed by atoms with Crippen LogP contribution in [0.25, 0.3) is 0 Å². The summed E-state index contributed by atoms with van der Waals surface area (Å²) < 4.78 is 5.13. The van der Waals surface area contributed by atoms with Crippen molar-refractivity contribution in [3.63, 3.8) is 0 Å². The van der Waals surface area contributed by atoms with Crippen molar-refractivity contribution >= 4 is 5.91 Å². The molecular weight excluding hydrogens is 204 g/mol. The standard InChI is InChI=1S/C12H16N2O2/c1-16-9-11-5-3-7-14(11)12(15)10-4-2-6-13-8-10/h2,4,6,8,11H,3,5,7,9H2,1H3. The van der Waals surface area contributed by atoms with Gasteiger partial charge in [-0.15, -0.1) is 0 Å². The van der Waals surface area contributed by atoms with E-state index in [1.54, 1.807) is 31.6 Å². The van der Waals surface area contributed by atoms with Gasteiger partial charge in [0.25, 0.3) is 5.91 Å². The fraction of sp³-hybridized carbons (Fsp3) is 0.500. The van der Waals surface area contributed by atoms with Crippen molar-refractivity contribution in [2.75, 3.05) is 20.3 Å². The van der Waals surface area contributed by atoms with Crippen molar-refractivity contribution in [1.29, 1.82) is 0 Å². The van der Waals surface area contributed by atoms with Crippen molar-refractivity contribution in [2.45, 2.75) is 18.9 Å². The number of rotatable bonds is 3. The lowest BCUT2D eigenvalue weighted by Crippen LogP contribution is -2.38. The number of amides is 1. The van der Waals surface area contributed by atoms with Crippen LogP contribution in [0, 0.1) is 0 Å². The highest BCUT2D eigenvalue weighted by Crippen LogP contribution is 2.19. The first-order valence-corrected chi connectivity index (χ1v) is 5.53. The van der Waals surface area contributed by atoms with Crippen LogP contribution in [-0.4, -0.2) is 42.1 Å². The third kappa shape index (κ3) is 2.22. The van der Waals surface area contributed by atoms with E-state index in [0.29, 0.717) is 12.2 Å². The third-order valence-corrected chi connectivity index (χ3v) is 2.91. The maximum atomic E-state index is 12.2. The molecule has 2 heterocycles. The first-order valence-electron chi connectivity index (χ1n) is 5.53. The van der Waals surface area contributed by atoms with Gasteiger partial charge in [-0.1, -0.05) is 0 Å². The zero-order valence-electron chi connectivity index (χ0n) is 9.43. The van der Waals surface area contributed by atoms with Crippen LogP contribution in [0.5, 0.6) is 0 Å². The molecule has 1 aromatic rings. The van der Waals surface area contributed by atoms with Crippen LogP contribution >= 0.6 is 0 Å². The van der Waals surface area contributed by atoms with Crippen LogP contribution in [0.2, 0.25) is 0 Å². The number of hydrogen-bond acceptors (Lipinski definition) is 3. The Bertz CT molecular complexity index is 353. The lowest BCUT2D eigenvalue weighted by molar-refractivity contribution is 0.0630. The van der Waals surface area contributed by atoms with E-state index >= 15 is 0 Å². The lowest BCUT2D eigenvalue weighted by Gasteiger charge is -2.23. The molecule has 0 N–H and O–H groups in total. The molecule has 1 amide bonds. The first kappa shape index (κ1) is 11.1. The second-order valence-corrected chi connectivity index (χ2v) is 3.99. The monoisotopic (exact) mass is 220 g/mol. The summed E-state index contributed by atoms with van der Waals surface area (Å²) in [5, 5.41) is 0. The van der Waals surface area contributed by atoms with Crippen LogP contribution in [0.4, 0.5) is 0 Å². The summed E-state index contributed by atoms with van der Waals surface area (Å²) in [6.45, 7) is 1.44. The molecule has 4 heteroatoms. The molecule has 1 aliphatic rings. The molecule has 86 valence electrons. The van der Waals surface area contributed by atoms with E-state index in [1.165, 1.54) is 0 Å². The minimum atomic E-state index is 0.0626. The second kappa shape index (κ2) is 5.07. The normalized spacial score (nSPS) is 20.1. The zero-order chi connectivity index (χ0) is 11.4. The smallest absolute Gasteiger partial charge is 0.255 e. The Balaban J connectivity index is 2.09. The predicted molar refractivity (Wildman–Crippen MR) is 60.2 cm³/mol. The molecule has 16 heavy (non-hydrogen) atoms.